The van der Waals surface area contributed by atoms with Gasteiger partial charge in [-0.2, -0.15) is 0 Å². The Morgan fingerprint density at radius 3 is 2.24 bits per heavy atom. The Balaban J connectivity index is 1.85. The number of sulfonamides is 1. The molecule has 0 unspecified atom stereocenters. The van der Waals surface area contributed by atoms with Gasteiger partial charge in [0.1, 0.15) is 5.82 Å². The first-order chi connectivity index (χ1) is 9.97. The molecular weight excluding hydrogens is 289 g/mol. The molecule has 2 rings (SSSR count). The summed E-state index contributed by atoms with van der Waals surface area (Å²) < 4.78 is 39.4. The molecular formula is C16H18FNO2S. The minimum absolute atomic E-state index is 0.265. The molecule has 3 nitrogen and oxygen atoms in total. The van der Waals surface area contributed by atoms with E-state index in [1.807, 2.05) is 6.92 Å². The third-order valence-electron chi connectivity index (χ3n) is 3.18. The van der Waals surface area contributed by atoms with Crippen LogP contribution in [0.5, 0.6) is 0 Å². The van der Waals surface area contributed by atoms with Gasteiger partial charge in [0.05, 0.1) is 4.90 Å². The number of nitrogens with one attached hydrogen (secondary N) is 1. The fraction of sp³-hybridized carbons (Fsp3) is 0.250. The molecule has 2 aromatic rings. The van der Waals surface area contributed by atoms with Crippen LogP contribution in [0.1, 0.15) is 17.5 Å². The van der Waals surface area contributed by atoms with Gasteiger partial charge in [0, 0.05) is 6.54 Å². The van der Waals surface area contributed by atoms with Crippen LogP contribution in [0.15, 0.2) is 53.4 Å². The fourth-order valence-corrected chi connectivity index (χ4v) is 3.02. The highest BCUT2D eigenvalue weighted by atomic mass is 32.2. The number of rotatable bonds is 6. The monoisotopic (exact) mass is 307 g/mol. The van der Waals surface area contributed by atoms with Gasteiger partial charge in [-0.15, -0.1) is 0 Å². The Morgan fingerprint density at radius 1 is 1.00 bits per heavy atom. The van der Waals surface area contributed by atoms with Crippen LogP contribution in [0.3, 0.4) is 0 Å². The lowest BCUT2D eigenvalue weighted by molar-refractivity contribution is 0.579. The molecule has 5 heteroatoms. The highest BCUT2D eigenvalue weighted by molar-refractivity contribution is 7.89. The van der Waals surface area contributed by atoms with Gasteiger partial charge in [-0.05, 0) is 49.6 Å². The van der Waals surface area contributed by atoms with E-state index in [2.05, 4.69) is 4.72 Å². The van der Waals surface area contributed by atoms with Gasteiger partial charge >= 0.3 is 0 Å². The molecule has 0 bridgehead atoms. The van der Waals surface area contributed by atoms with Crippen LogP contribution in [-0.4, -0.2) is 15.0 Å². The van der Waals surface area contributed by atoms with E-state index in [0.29, 0.717) is 19.4 Å². The largest absolute Gasteiger partial charge is 0.240 e. The Bertz CT molecular complexity index is 679. The average molecular weight is 307 g/mol. The van der Waals surface area contributed by atoms with Crippen LogP contribution in [0.25, 0.3) is 0 Å². The molecule has 0 radical (unpaired) electrons. The van der Waals surface area contributed by atoms with E-state index >= 15 is 0 Å². The summed E-state index contributed by atoms with van der Waals surface area (Å²) >= 11 is 0. The summed E-state index contributed by atoms with van der Waals surface area (Å²) in [5.74, 6) is -0.265. The van der Waals surface area contributed by atoms with Crippen LogP contribution >= 0.6 is 0 Å². The first-order valence-electron chi connectivity index (χ1n) is 6.78. The standard InChI is InChI=1S/C16H18FNO2S/c1-13-4-10-16(11-5-13)21(19,20)18-12-2-3-14-6-8-15(17)9-7-14/h4-11,18H,2-3,12H2,1H3. The maximum absolute atomic E-state index is 12.8. The Labute approximate surface area is 124 Å². The van der Waals surface area contributed by atoms with Crippen molar-refractivity contribution in [3.05, 3.63) is 65.5 Å². The first kappa shape index (κ1) is 15.7. The van der Waals surface area contributed by atoms with E-state index in [0.717, 1.165) is 11.1 Å². The van der Waals surface area contributed by atoms with E-state index < -0.39 is 10.0 Å². The average Bonchev–Trinajstić information content (AvgIpc) is 2.46. The van der Waals surface area contributed by atoms with Gasteiger partial charge in [0.15, 0.2) is 0 Å². The van der Waals surface area contributed by atoms with Crippen molar-refractivity contribution in [3.8, 4) is 0 Å². The quantitative estimate of drug-likeness (QED) is 0.834. The van der Waals surface area contributed by atoms with Crippen molar-refractivity contribution in [2.75, 3.05) is 6.54 Å². The highest BCUT2D eigenvalue weighted by Gasteiger charge is 2.12. The van der Waals surface area contributed by atoms with Gasteiger partial charge in [-0.25, -0.2) is 17.5 Å². The van der Waals surface area contributed by atoms with Crippen LogP contribution in [0, 0.1) is 12.7 Å². The van der Waals surface area contributed by atoms with E-state index in [-0.39, 0.29) is 10.7 Å². The lowest BCUT2D eigenvalue weighted by Gasteiger charge is -2.07. The minimum Gasteiger partial charge on any atom is -0.211 e. The molecule has 21 heavy (non-hydrogen) atoms. The van der Waals surface area contributed by atoms with E-state index in [9.17, 15) is 12.8 Å². The van der Waals surface area contributed by atoms with E-state index in [1.165, 1.54) is 12.1 Å². The minimum atomic E-state index is -3.45. The summed E-state index contributed by atoms with van der Waals surface area (Å²) in [7, 11) is -3.45. The zero-order valence-corrected chi connectivity index (χ0v) is 12.7. The third-order valence-corrected chi connectivity index (χ3v) is 4.66. The van der Waals surface area contributed by atoms with Crippen LogP contribution in [0.4, 0.5) is 4.39 Å². The summed E-state index contributed by atoms with van der Waals surface area (Å²) in [6, 6.07) is 13.0. The Hall–Kier alpha value is -1.72. The van der Waals surface area contributed by atoms with Crippen molar-refractivity contribution in [1.29, 1.82) is 0 Å². The molecule has 0 amide bonds. The molecule has 0 aromatic heterocycles. The molecule has 0 saturated carbocycles. The summed E-state index contributed by atoms with van der Waals surface area (Å²) in [6.07, 6.45) is 1.37. The molecule has 0 saturated heterocycles. The Kier molecular flexibility index (Phi) is 5.09. The van der Waals surface area contributed by atoms with Crippen molar-refractivity contribution < 1.29 is 12.8 Å². The first-order valence-corrected chi connectivity index (χ1v) is 8.26. The van der Waals surface area contributed by atoms with Crippen LogP contribution < -0.4 is 4.72 Å². The van der Waals surface area contributed by atoms with Gasteiger partial charge in [0.25, 0.3) is 0 Å². The second-order valence-corrected chi connectivity index (χ2v) is 6.71. The summed E-state index contributed by atoms with van der Waals surface area (Å²) in [5, 5.41) is 0. The normalized spacial score (nSPS) is 11.5. The smallest absolute Gasteiger partial charge is 0.211 e. The molecule has 112 valence electrons. The summed E-state index contributed by atoms with van der Waals surface area (Å²) in [6.45, 7) is 2.26. The van der Waals surface area contributed by atoms with Crippen LogP contribution in [0.2, 0.25) is 0 Å². The van der Waals surface area contributed by atoms with Gasteiger partial charge in [0.2, 0.25) is 10.0 Å². The molecule has 1 N–H and O–H groups in total. The van der Waals surface area contributed by atoms with E-state index in [1.54, 1.807) is 36.4 Å². The van der Waals surface area contributed by atoms with Crippen LogP contribution in [-0.2, 0) is 16.4 Å². The zero-order valence-electron chi connectivity index (χ0n) is 11.8. The van der Waals surface area contributed by atoms with Gasteiger partial charge < -0.3 is 0 Å². The molecule has 0 aliphatic heterocycles. The lowest BCUT2D eigenvalue weighted by Crippen LogP contribution is -2.25. The van der Waals surface area contributed by atoms with Crippen molar-refractivity contribution in [3.63, 3.8) is 0 Å². The van der Waals surface area contributed by atoms with Crippen molar-refractivity contribution in [2.45, 2.75) is 24.7 Å². The molecule has 2 aromatic carbocycles. The van der Waals surface area contributed by atoms with Crippen molar-refractivity contribution in [2.24, 2.45) is 0 Å². The zero-order chi connectivity index (χ0) is 15.3. The second kappa shape index (κ2) is 6.83. The highest BCUT2D eigenvalue weighted by Crippen LogP contribution is 2.10. The SMILES string of the molecule is Cc1ccc(S(=O)(=O)NCCCc2ccc(F)cc2)cc1. The predicted molar refractivity (Wildman–Crippen MR) is 81.1 cm³/mol. The number of halogens is 1. The van der Waals surface area contributed by atoms with Gasteiger partial charge in [-0.3, -0.25) is 0 Å². The van der Waals surface area contributed by atoms with E-state index in [4.69, 9.17) is 0 Å². The molecule has 0 spiro atoms. The molecule has 0 fully saturated rings. The van der Waals surface area contributed by atoms with Gasteiger partial charge in [-0.1, -0.05) is 29.8 Å². The van der Waals surface area contributed by atoms with Crippen molar-refractivity contribution in [1.82, 2.24) is 4.72 Å². The molecule has 0 atom stereocenters. The Morgan fingerprint density at radius 2 is 1.62 bits per heavy atom. The number of benzene rings is 2. The summed E-state index contributed by atoms with van der Waals surface area (Å²) in [5.41, 5.74) is 2.01. The lowest BCUT2D eigenvalue weighted by atomic mass is 10.1. The topological polar surface area (TPSA) is 46.2 Å². The maximum atomic E-state index is 12.8. The number of hydrogen-bond donors (Lipinski definition) is 1. The predicted octanol–water partition coefficient (Wildman–Crippen LogP) is 3.05. The van der Waals surface area contributed by atoms with Crippen molar-refractivity contribution >= 4 is 10.0 Å². The summed E-state index contributed by atoms with van der Waals surface area (Å²) in [4.78, 5) is 0.273. The molecule has 0 aliphatic rings. The molecule has 0 heterocycles. The fourth-order valence-electron chi connectivity index (χ4n) is 1.95. The molecule has 0 aliphatic carbocycles. The second-order valence-electron chi connectivity index (χ2n) is 4.94. The maximum Gasteiger partial charge on any atom is 0.240 e. The number of aryl methyl sites for hydroxylation is 2. The third kappa shape index (κ3) is 4.65. The number of hydrogen-bond acceptors (Lipinski definition) is 2.